The van der Waals surface area contributed by atoms with E-state index in [1.807, 2.05) is 30.3 Å². The van der Waals surface area contributed by atoms with Crippen molar-refractivity contribution in [2.24, 2.45) is 0 Å². The van der Waals surface area contributed by atoms with Crippen molar-refractivity contribution in [2.75, 3.05) is 13.7 Å². The van der Waals surface area contributed by atoms with Gasteiger partial charge in [-0.25, -0.2) is 4.79 Å². The molecule has 1 aromatic carbocycles. The Kier molecular flexibility index (Phi) is 7.54. The molecule has 0 aromatic heterocycles. The van der Waals surface area contributed by atoms with E-state index in [1.54, 1.807) is 20.8 Å². The molecule has 6 nitrogen and oxygen atoms in total. The average molecular weight is 323 g/mol. The maximum absolute atomic E-state index is 11.9. The van der Waals surface area contributed by atoms with Crippen LogP contribution in [-0.4, -0.2) is 37.4 Å². The van der Waals surface area contributed by atoms with Crippen molar-refractivity contribution in [2.45, 2.75) is 45.4 Å². The molecule has 1 amide bonds. The SMILES string of the molecule is COCC(CC(=O)OCc1ccccc1)NC(=O)OC(C)(C)C. The number of alkyl carbamates (subject to hydrolysis) is 1. The number of amides is 1. The molecule has 0 saturated carbocycles. The predicted molar refractivity (Wildman–Crippen MR) is 85.9 cm³/mol. The Morgan fingerprint density at radius 2 is 1.83 bits per heavy atom. The minimum atomic E-state index is -0.602. The first kappa shape index (κ1) is 19.0. The molecular weight excluding hydrogens is 298 g/mol. The van der Waals surface area contributed by atoms with Crippen LogP contribution in [0.5, 0.6) is 0 Å². The molecule has 1 rings (SSSR count). The van der Waals surface area contributed by atoms with Gasteiger partial charge in [0.25, 0.3) is 0 Å². The fraction of sp³-hybridized carbons (Fsp3) is 0.529. The number of esters is 1. The first-order chi connectivity index (χ1) is 10.8. The van der Waals surface area contributed by atoms with Crippen LogP contribution in [0.2, 0.25) is 0 Å². The van der Waals surface area contributed by atoms with Crippen LogP contribution in [0.1, 0.15) is 32.8 Å². The van der Waals surface area contributed by atoms with Gasteiger partial charge in [-0.3, -0.25) is 4.79 Å². The number of nitrogens with one attached hydrogen (secondary N) is 1. The van der Waals surface area contributed by atoms with Gasteiger partial charge >= 0.3 is 12.1 Å². The van der Waals surface area contributed by atoms with E-state index in [-0.39, 0.29) is 19.6 Å². The summed E-state index contributed by atoms with van der Waals surface area (Å²) in [7, 11) is 1.50. The Morgan fingerprint density at radius 1 is 1.17 bits per heavy atom. The van der Waals surface area contributed by atoms with Crippen LogP contribution >= 0.6 is 0 Å². The van der Waals surface area contributed by atoms with E-state index in [0.29, 0.717) is 0 Å². The predicted octanol–water partition coefficient (Wildman–Crippen LogP) is 2.66. The minimum Gasteiger partial charge on any atom is -0.461 e. The van der Waals surface area contributed by atoms with Gasteiger partial charge in [-0.05, 0) is 26.3 Å². The zero-order valence-corrected chi connectivity index (χ0v) is 14.1. The number of rotatable bonds is 7. The molecule has 0 spiro atoms. The van der Waals surface area contributed by atoms with Crippen molar-refractivity contribution >= 4 is 12.1 Å². The second-order valence-electron chi connectivity index (χ2n) is 6.15. The standard InChI is InChI=1S/C17H25NO5/c1-17(2,3)23-16(20)18-14(12-21-4)10-15(19)22-11-13-8-6-5-7-9-13/h5-9,14H,10-12H2,1-4H3,(H,18,20). The minimum absolute atomic E-state index is 0.0138. The molecule has 0 saturated heterocycles. The Morgan fingerprint density at radius 3 is 2.39 bits per heavy atom. The molecule has 0 aliphatic rings. The van der Waals surface area contributed by atoms with Crippen molar-refractivity contribution in [1.82, 2.24) is 5.32 Å². The summed E-state index contributed by atoms with van der Waals surface area (Å²) >= 11 is 0. The number of benzene rings is 1. The van der Waals surface area contributed by atoms with Crippen LogP contribution < -0.4 is 5.32 Å². The van der Waals surface area contributed by atoms with Gasteiger partial charge in [-0.15, -0.1) is 0 Å². The van der Waals surface area contributed by atoms with E-state index < -0.39 is 23.7 Å². The molecule has 128 valence electrons. The topological polar surface area (TPSA) is 73.9 Å². The smallest absolute Gasteiger partial charge is 0.407 e. The molecule has 0 aliphatic heterocycles. The second kappa shape index (κ2) is 9.15. The third-order valence-corrected chi connectivity index (χ3v) is 2.74. The van der Waals surface area contributed by atoms with Gasteiger partial charge in [0, 0.05) is 7.11 Å². The third-order valence-electron chi connectivity index (χ3n) is 2.74. The number of methoxy groups -OCH3 is 1. The van der Waals surface area contributed by atoms with Crippen LogP contribution in [0.4, 0.5) is 4.79 Å². The molecule has 1 atom stereocenters. The summed E-state index contributed by atoms with van der Waals surface area (Å²) in [6, 6.07) is 8.89. The van der Waals surface area contributed by atoms with E-state index in [4.69, 9.17) is 14.2 Å². The monoisotopic (exact) mass is 323 g/mol. The first-order valence-electron chi connectivity index (χ1n) is 7.48. The number of hydrogen-bond donors (Lipinski definition) is 1. The van der Waals surface area contributed by atoms with Gasteiger partial charge in [-0.2, -0.15) is 0 Å². The number of hydrogen-bond acceptors (Lipinski definition) is 5. The zero-order valence-electron chi connectivity index (χ0n) is 14.1. The summed E-state index contributed by atoms with van der Waals surface area (Å²) in [6.07, 6.45) is -0.574. The molecule has 0 radical (unpaired) electrons. The lowest BCUT2D eigenvalue weighted by atomic mass is 10.2. The lowest BCUT2D eigenvalue weighted by molar-refractivity contribution is -0.145. The zero-order chi connectivity index (χ0) is 17.3. The Bertz CT molecular complexity index is 495. The van der Waals surface area contributed by atoms with Crippen LogP contribution in [0, 0.1) is 0 Å². The van der Waals surface area contributed by atoms with Gasteiger partial charge < -0.3 is 19.5 Å². The molecule has 6 heteroatoms. The van der Waals surface area contributed by atoms with Crippen molar-refractivity contribution in [3.05, 3.63) is 35.9 Å². The Hall–Kier alpha value is -2.08. The van der Waals surface area contributed by atoms with Crippen molar-refractivity contribution in [3.8, 4) is 0 Å². The van der Waals surface area contributed by atoms with Gasteiger partial charge in [0.2, 0.25) is 0 Å². The maximum atomic E-state index is 11.9. The maximum Gasteiger partial charge on any atom is 0.407 e. The average Bonchev–Trinajstić information content (AvgIpc) is 2.44. The molecule has 0 bridgehead atoms. The quantitative estimate of drug-likeness (QED) is 0.781. The highest BCUT2D eigenvalue weighted by Crippen LogP contribution is 2.08. The second-order valence-corrected chi connectivity index (χ2v) is 6.15. The van der Waals surface area contributed by atoms with Gasteiger partial charge in [0.15, 0.2) is 0 Å². The van der Waals surface area contributed by atoms with Crippen molar-refractivity contribution < 1.29 is 23.8 Å². The Balaban J connectivity index is 2.44. The molecule has 23 heavy (non-hydrogen) atoms. The lowest BCUT2D eigenvalue weighted by Crippen LogP contribution is -2.42. The van der Waals surface area contributed by atoms with Gasteiger partial charge in [0.1, 0.15) is 12.2 Å². The summed E-state index contributed by atoms with van der Waals surface area (Å²) in [5.74, 6) is -0.410. The van der Waals surface area contributed by atoms with E-state index >= 15 is 0 Å². The summed E-state index contributed by atoms with van der Waals surface area (Å²) < 4.78 is 15.4. The molecule has 0 heterocycles. The molecule has 1 unspecified atom stereocenters. The number of ether oxygens (including phenoxy) is 3. The summed E-state index contributed by atoms with van der Waals surface area (Å²) in [4.78, 5) is 23.7. The first-order valence-corrected chi connectivity index (χ1v) is 7.48. The summed E-state index contributed by atoms with van der Waals surface area (Å²) in [6.45, 7) is 5.70. The van der Waals surface area contributed by atoms with E-state index in [9.17, 15) is 9.59 Å². The number of carbonyl (C=O) groups excluding carboxylic acids is 2. The van der Waals surface area contributed by atoms with Crippen LogP contribution in [0.15, 0.2) is 30.3 Å². The Labute approximate surface area is 137 Å². The van der Waals surface area contributed by atoms with E-state index in [1.165, 1.54) is 7.11 Å². The third kappa shape index (κ3) is 8.83. The van der Waals surface area contributed by atoms with Gasteiger partial charge in [0.05, 0.1) is 19.1 Å². The van der Waals surface area contributed by atoms with E-state index in [2.05, 4.69) is 5.32 Å². The number of carbonyl (C=O) groups is 2. The molecule has 0 aliphatic carbocycles. The molecule has 1 aromatic rings. The fourth-order valence-electron chi connectivity index (χ4n) is 1.83. The van der Waals surface area contributed by atoms with Gasteiger partial charge in [-0.1, -0.05) is 30.3 Å². The normalized spacial score (nSPS) is 12.3. The van der Waals surface area contributed by atoms with Crippen LogP contribution in [0.25, 0.3) is 0 Å². The van der Waals surface area contributed by atoms with Crippen molar-refractivity contribution in [3.63, 3.8) is 0 Å². The lowest BCUT2D eigenvalue weighted by Gasteiger charge is -2.23. The molecule has 1 N–H and O–H groups in total. The van der Waals surface area contributed by atoms with E-state index in [0.717, 1.165) is 5.56 Å². The molecular formula is C17H25NO5. The summed E-state index contributed by atoms with van der Waals surface area (Å²) in [5, 5.41) is 2.62. The highest BCUT2D eigenvalue weighted by molar-refractivity contribution is 5.73. The highest BCUT2D eigenvalue weighted by Gasteiger charge is 2.21. The fourth-order valence-corrected chi connectivity index (χ4v) is 1.83. The largest absolute Gasteiger partial charge is 0.461 e. The highest BCUT2D eigenvalue weighted by atomic mass is 16.6. The van der Waals surface area contributed by atoms with Crippen LogP contribution in [0.3, 0.4) is 0 Å². The summed E-state index contributed by atoms with van der Waals surface area (Å²) in [5.41, 5.74) is 0.305. The molecule has 0 fully saturated rings. The van der Waals surface area contributed by atoms with Crippen LogP contribution in [-0.2, 0) is 25.6 Å². The van der Waals surface area contributed by atoms with Crippen molar-refractivity contribution in [1.29, 1.82) is 0 Å².